The molecule has 0 aliphatic carbocycles. The number of hydrogen-bond acceptors (Lipinski definition) is 5. The SMILES string of the molecule is CN1CCN(c2ncccc2CNC(=O)C2Cc3ccccc3C(=O)N2)CC1. The van der Waals surface area contributed by atoms with Crippen LogP contribution in [0.15, 0.2) is 42.6 Å². The number of hydrogen-bond donors (Lipinski definition) is 2. The largest absolute Gasteiger partial charge is 0.354 e. The Labute approximate surface area is 164 Å². The number of pyridine rings is 1. The summed E-state index contributed by atoms with van der Waals surface area (Å²) in [5, 5.41) is 5.79. The fraction of sp³-hybridized carbons (Fsp3) is 0.381. The molecular weight excluding hydrogens is 354 g/mol. The zero-order chi connectivity index (χ0) is 19.5. The molecule has 146 valence electrons. The van der Waals surface area contributed by atoms with E-state index in [1.165, 1.54) is 0 Å². The van der Waals surface area contributed by atoms with Crippen molar-refractivity contribution in [1.82, 2.24) is 20.5 Å². The average molecular weight is 379 g/mol. The van der Waals surface area contributed by atoms with Crippen molar-refractivity contribution in [2.45, 2.75) is 19.0 Å². The van der Waals surface area contributed by atoms with E-state index in [-0.39, 0.29) is 11.8 Å². The molecule has 2 amide bonds. The van der Waals surface area contributed by atoms with E-state index in [1.54, 1.807) is 12.3 Å². The molecule has 7 nitrogen and oxygen atoms in total. The standard InChI is InChI=1S/C21H25N5O2/c1-25-9-11-26(12-10-25)19-16(6-4-8-22-19)14-23-21(28)18-13-15-5-2-3-7-17(15)20(27)24-18/h2-8,18H,9-14H2,1H3,(H,23,28)(H,24,27). The number of nitrogens with zero attached hydrogens (tertiary/aromatic N) is 3. The van der Waals surface area contributed by atoms with Crippen molar-refractivity contribution in [3.8, 4) is 0 Å². The monoisotopic (exact) mass is 379 g/mol. The molecule has 0 bridgehead atoms. The van der Waals surface area contributed by atoms with E-state index in [0.29, 0.717) is 18.5 Å². The molecule has 2 N–H and O–H groups in total. The normalized spacial score (nSPS) is 19.7. The molecule has 3 heterocycles. The molecule has 2 aromatic rings. The summed E-state index contributed by atoms with van der Waals surface area (Å²) in [7, 11) is 2.12. The fourth-order valence-corrected chi connectivity index (χ4v) is 3.76. The van der Waals surface area contributed by atoms with Crippen LogP contribution in [0.3, 0.4) is 0 Å². The highest BCUT2D eigenvalue weighted by Crippen LogP contribution is 2.19. The van der Waals surface area contributed by atoms with E-state index in [2.05, 4.69) is 32.5 Å². The second kappa shape index (κ2) is 7.98. The molecule has 0 radical (unpaired) electrons. The molecule has 2 aliphatic heterocycles. The highest BCUT2D eigenvalue weighted by Gasteiger charge is 2.28. The number of amides is 2. The minimum absolute atomic E-state index is 0.170. The Balaban J connectivity index is 1.41. The van der Waals surface area contributed by atoms with Crippen molar-refractivity contribution in [2.24, 2.45) is 0 Å². The first-order chi connectivity index (χ1) is 13.6. The molecule has 1 fully saturated rings. The lowest BCUT2D eigenvalue weighted by Crippen LogP contribution is -2.50. The van der Waals surface area contributed by atoms with Gasteiger partial charge in [-0.1, -0.05) is 24.3 Å². The zero-order valence-corrected chi connectivity index (χ0v) is 16.0. The van der Waals surface area contributed by atoms with Crippen LogP contribution in [0.2, 0.25) is 0 Å². The number of piperazine rings is 1. The van der Waals surface area contributed by atoms with Gasteiger partial charge in [-0.15, -0.1) is 0 Å². The number of likely N-dealkylation sites (N-methyl/N-ethyl adjacent to an activating group) is 1. The summed E-state index contributed by atoms with van der Waals surface area (Å²) >= 11 is 0. The number of carbonyl (C=O) groups is 2. The number of anilines is 1. The molecule has 0 spiro atoms. The van der Waals surface area contributed by atoms with Crippen LogP contribution in [0.1, 0.15) is 21.5 Å². The summed E-state index contributed by atoms with van der Waals surface area (Å²) in [6, 6.07) is 10.8. The van der Waals surface area contributed by atoms with Gasteiger partial charge < -0.3 is 20.4 Å². The van der Waals surface area contributed by atoms with Gasteiger partial charge in [-0.25, -0.2) is 4.98 Å². The number of benzene rings is 1. The molecule has 1 aromatic heterocycles. The third kappa shape index (κ3) is 3.84. The highest BCUT2D eigenvalue weighted by molar-refractivity contribution is 6.00. The second-order valence-electron chi connectivity index (χ2n) is 7.38. The van der Waals surface area contributed by atoms with E-state index in [0.717, 1.165) is 43.1 Å². The fourth-order valence-electron chi connectivity index (χ4n) is 3.76. The summed E-state index contributed by atoms with van der Waals surface area (Å²) in [6.07, 6.45) is 2.30. The zero-order valence-electron chi connectivity index (χ0n) is 16.0. The van der Waals surface area contributed by atoms with Crippen molar-refractivity contribution in [2.75, 3.05) is 38.1 Å². The summed E-state index contributed by atoms with van der Waals surface area (Å²) in [5.41, 5.74) is 2.55. The van der Waals surface area contributed by atoms with Crippen LogP contribution in [0.5, 0.6) is 0 Å². The van der Waals surface area contributed by atoms with Crippen molar-refractivity contribution in [1.29, 1.82) is 0 Å². The lowest BCUT2D eigenvalue weighted by atomic mass is 9.95. The van der Waals surface area contributed by atoms with Crippen LogP contribution >= 0.6 is 0 Å². The lowest BCUT2D eigenvalue weighted by Gasteiger charge is -2.34. The van der Waals surface area contributed by atoms with Gasteiger partial charge >= 0.3 is 0 Å². The molecule has 1 unspecified atom stereocenters. The molecule has 7 heteroatoms. The lowest BCUT2D eigenvalue weighted by molar-refractivity contribution is -0.123. The summed E-state index contributed by atoms with van der Waals surface area (Å²) in [4.78, 5) is 34.0. The van der Waals surface area contributed by atoms with E-state index >= 15 is 0 Å². The Morgan fingerprint density at radius 2 is 1.96 bits per heavy atom. The predicted octanol–water partition coefficient (Wildman–Crippen LogP) is 0.804. The average Bonchev–Trinajstić information content (AvgIpc) is 2.73. The minimum Gasteiger partial charge on any atom is -0.354 e. The van der Waals surface area contributed by atoms with Gasteiger partial charge in [0, 0.05) is 56.5 Å². The Kier molecular flexibility index (Phi) is 5.25. The molecule has 28 heavy (non-hydrogen) atoms. The summed E-state index contributed by atoms with van der Waals surface area (Å²) in [5.74, 6) is 0.562. The first-order valence-corrected chi connectivity index (χ1v) is 9.65. The van der Waals surface area contributed by atoms with Crippen molar-refractivity contribution < 1.29 is 9.59 Å². The van der Waals surface area contributed by atoms with Gasteiger partial charge in [-0.3, -0.25) is 9.59 Å². The number of carbonyl (C=O) groups excluding carboxylic acids is 2. The van der Waals surface area contributed by atoms with Gasteiger partial charge in [0.15, 0.2) is 0 Å². The van der Waals surface area contributed by atoms with Crippen molar-refractivity contribution in [3.05, 3.63) is 59.3 Å². The molecule has 0 saturated carbocycles. The van der Waals surface area contributed by atoms with Gasteiger partial charge in [0.2, 0.25) is 5.91 Å². The van der Waals surface area contributed by atoms with Gasteiger partial charge in [0.25, 0.3) is 5.91 Å². The van der Waals surface area contributed by atoms with E-state index in [1.807, 2.05) is 30.3 Å². The quantitative estimate of drug-likeness (QED) is 0.822. The molecule has 2 aliphatic rings. The van der Waals surface area contributed by atoms with Crippen LogP contribution in [0, 0.1) is 0 Å². The van der Waals surface area contributed by atoms with Crippen molar-refractivity contribution >= 4 is 17.6 Å². The Hall–Kier alpha value is -2.93. The molecule has 1 aromatic carbocycles. The molecule has 4 rings (SSSR count). The van der Waals surface area contributed by atoms with Crippen molar-refractivity contribution in [3.63, 3.8) is 0 Å². The Bertz CT molecular complexity index is 877. The predicted molar refractivity (Wildman–Crippen MR) is 107 cm³/mol. The van der Waals surface area contributed by atoms with Crippen LogP contribution in [0.25, 0.3) is 0 Å². The molecular formula is C21H25N5O2. The maximum absolute atomic E-state index is 12.7. The van der Waals surface area contributed by atoms with E-state index in [4.69, 9.17) is 0 Å². The molecule has 1 atom stereocenters. The second-order valence-corrected chi connectivity index (χ2v) is 7.38. The molecule has 1 saturated heterocycles. The van der Waals surface area contributed by atoms with E-state index < -0.39 is 6.04 Å². The number of fused-ring (bicyclic) bond motifs is 1. The highest BCUT2D eigenvalue weighted by atomic mass is 16.2. The van der Waals surface area contributed by atoms with Crippen LogP contribution < -0.4 is 15.5 Å². The Morgan fingerprint density at radius 1 is 1.18 bits per heavy atom. The first kappa shape index (κ1) is 18.4. The summed E-state index contributed by atoms with van der Waals surface area (Å²) < 4.78 is 0. The van der Waals surface area contributed by atoms with Crippen LogP contribution in [0.4, 0.5) is 5.82 Å². The van der Waals surface area contributed by atoms with Crippen LogP contribution in [-0.4, -0.2) is 61.0 Å². The Morgan fingerprint density at radius 3 is 2.79 bits per heavy atom. The number of nitrogens with one attached hydrogen (secondary N) is 2. The smallest absolute Gasteiger partial charge is 0.252 e. The minimum atomic E-state index is -0.550. The van der Waals surface area contributed by atoms with Gasteiger partial charge in [-0.05, 0) is 24.7 Å². The third-order valence-corrected chi connectivity index (χ3v) is 5.43. The van der Waals surface area contributed by atoms with Gasteiger partial charge in [-0.2, -0.15) is 0 Å². The number of rotatable bonds is 4. The number of aromatic nitrogens is 1. The van der Waals surface area contributed by atoms with Gasteiger partial charge in [0.05, 0.1) is 0 Å². The maximum atomic E-state index is 12.7. The van der Waals surface area contributed by atoms with E-state index in [9.17, 15) is 9.59 Å². The third-order valence-electron chi connectivity index (χ3n) is 5.43. The topological polar surface area (TPSA) is 77.6 Å². The maximum Gasteiger partial charge on any atom is 0.252 e. The van der Waals surface area contributed by atoms with Crippen LogP contribution in [-0.2, 0) is 17.8 Å². The first-order valence-electron chi connectivity index (χ1n) is 9.65. The summed E-state index contributed by atoms with van der Waals surface area (Å²) in [6.45, 7) is 4.22. The van der Waals surface area contributed by atoms with Gasteiger partial charge in [0.1, 0.15) is 11.9 Å².